The lowest BCUT2D eigenvalue weighted by Gasteiger charge is -2.44. The van der Waals surface area contributed by atoms with Gasteiger partial charge in [-0.1, -0.05) is 49.1 Å². The second-order valence-electron chi connectivity index (χ2n) is 9.95. The molecule has 0 radical (unpaired) electrons. The Bertz CT molecular complexity index is 1170. The number of hydrogen-bond donors (Lipinski definition) is 1. The van der Waals surface area contributed by atoms with Gasteiger partial charge in [0.1, 0.15) is 0 Å². The van der Waals surface area contributed by atoms with E-state index in [1.807, 2.05) is 6.92 Å². The number of carbonyl (C=O) groups excluding carboxylic acids is 1. The Morgan fingerprint density at radius 2 is 1.76 bits per heavy atom. The summed E-state index contributed by atoms with van der Waals surface area (Å²) >= 11 is 3.39. The number of ketones is 1. The Morgan fingerprint density at radius 1 is 1.00 bits per heavy atom. The van der Waals surface area contributed by atoms with Crippen LogP contribution < -0.4 is 5.32 Å². The minimum absolute atomic E-state index is 0.191. The Labute approximate surface area is 211 Å². The summed E-state index contributed by atoms with van der Waals surface area (Å²) in [4.78, 5) is 18.2. The van der Waals surface area contributed by atoms with Crippen molar-refractivity contribution in [3.63, 3.8) is 0 Å². The smallest absolute Gasteiger partial charge is 0.176 e. The summed E-state index contributed by atoms with van der Waals surface area (Å²) in [6.07, 6.45) is 8.40. The molecule has 1 N–H and O–H groups in total. The molecule has 2 nitrogen and oxygen atoms in total. The number of hydrogen-bond acceptors (Lipinski definition) is 4. The molecule has 4 heteroatoms. The molecule has 0 saturated heterocycles. The van der Waals surface area contributed by atoms with Gasteiger partial charge in [0.05, 0.1) is 9.75 Å². The first-order chi connectivity index (χ1) is 16.7. The van der Waals surface area contributed by atoms with Crippen LogP contribution in [0.1, 0.15) is 72.0 Å². The van der Waals surface area contributed by atoms with E-state index in [2.05, 4.69) is 71.8 Å². The summed E-state index contributed by atoms with van der Waals surface area (Å²) in [6.45, 7) is 3.86. The SMILES string of the molecule is CC#Cc1ccc(-c2ccc(C(=O)[C@@H]3CC[C@H](CNCc4ccccc4)CC34CCCC4)s2)s1. The first kappa shape index (κ1) is 23.5. The molecule has 2 atom stereocenters. The quantitative estimate of drug-likeness (QED) is 0.272. The highest BCUT2D eigenvalue weighted by atomic mass is 32.1. The number of Topliss-reactive ketones (excluding diaryl/α,β-unsaturated/α-hetero) is 1. The maximum Gasteiger partial charge on any atom is 0.176 e. The molecule has 0 amide bonds. The first-order valence-corrected chi connectivity index (χ1v) is 14.2. The molecule has 176 valence electrons. The average molecular weight is 488 g/mol. The lowest BCUT2D eigenvalue weighted by molar-refractivity contribution is 0.0471. The predicted octanol–water partition coefficient (Wildman–Crippen LogP) is 7.80. The predicted molar refractivity (Wildman–Crippen MR) is 144 cm³/mol. The summed E-state index contributed by atoms with van der Waals surface area (Å²) in [5.41, 5.74) is 1.56. The number of thiophene rings is 2. The molecule has 34 heavy (non-hydrogen) atoms. The summed E-state index contributed by atoms with van der Waals surface area (Å²) in [5.74, 6) is 7.38. The topological polar surface area (TPSA) is 29.1 Å². The molecule has 2 heterocycles. The summed E-state index contributed by atoms with van der Waals surface area (Å²) < 4.78 is 0. The van der Waals surface area contributed by atoms with Gasteiger partial charge in [-0.15, -0.1) is 28.6 Å². The van der Waals surface area contributed by atoms with E-state index in [1.165, 1.54) is 47.4 Å². The zero-order valence-electron chi connectivity index (χ0n) is 19.9. The van der Waals surface area contributed by atoms with E-state index >= 15 is 0 Å². The highest BCUT2D eigenvalue weighted by molar-refractivity contribution is 7.23. The Morgan fingerprint density at radius 3 is 2.56 bits per heavy atom. The number of rotatable bonds is 7. The minimum Gasteiger partial charge on any atom is -0.312 e. The van der Waals surface area contributed by atoms with E-state index in [-0.39, 0.29) is 11.3 Å². The van der Waals surface area contributed by atoms with Crippen molar-refractivity contribution in [3.05, 3.63) is 69.9 Å². The fourth-order valence-corrected chi connectivity index (χ4v) is 8.20. The monoisotopic (exact) mass is 487 g/mol. The third kappa shape index (κ3) is 5.08. The molecule has 2 saturated carbocycles. The third-order valence-electron chi connectivity index (χ3n) is 7.76. The molecule has 0 aliphatic heterocycles. The number of benzene rings is 1. The molecule has 1 aromatic carbocycles. The molecule has 0 bridgehead atoms. The van der Waals surface area contributed by atoms with Crippen LogP contribution in [0.4, 0.5) is 0 Å². The van der Waals surface area contributed by atoms with E-state index in [9.17, 15) is 4.79 Å². The van der Waals surface area contributed by atoms with Gasteiger partial charge in [-0.3, -0.25) is 4.79 Å². The van der Waals surface area contributed by atoms with E-state index in [0.717, 1.165) is 35.7 Å². The van der Waals surface area contributed by atoms with Gasteiger partial charge in [0.25, 0.3) is 0 Å². The van der Waals surface area contributed by atoms with Crippen LogP contribution in [0, 0.1) is 29.1 Å². The maximum absolute atomic E-state index is 13.8. The van der Waals surface area contributed by atoms with Gasteiger partial charge in [-0.25, -0.2) is 0 Å². The third-order valence-corrected chi connectivity index (χ3v) is 10.1. The van der Waals surface area contributed by atoms with E-state index < -0.39 is 0 Å². The minimum atomic E-state index is 0.191. The molecule has 0 unspecified atom stereocenters. The van der Waals surface area contributed by atoms with Gasteiger partial charge in [-0.05, 0) is 86.7 Å². The van der Waals surface area contributed by atoms with Crippen molar-refractivity contribution in [1.29, 1.82) is 0 Å². The average Bonchev–Trinajstić information content (AvgIpc) is 3.61. The van der Waals surface area contributed by atoms with Crippen molar-refractivity contribution in [2.75, 3.05) is 6.54 Å². The molecule has 3 aromatic rings. The number of carbonyl (C=O) groups is 1. The zero-order chi connectivity index (χ0) is 23.4. The van der Waals surface area contributed by atoms with E-state index in [1.54, 1.807) is 22.7 Å². The van der Waals surface area contributed by atoms with Crippen molar-refractivity contribution >= 4 is 28.5 Å². The largest absolute Gasteiger partial charge is 0.312 e. The van der Waals surface area contributed by atoms with Gasteiger partial charge in [0.15, 0.2) is 5.78 Å². The van der Waals surface area contributed by atoms with Gasteiger partial charge < -0.3 is 5.32 Å². The van der Waals surface area contributed by atoms with Crippen LogP contribution in [0.5, 0.6) is 0 Å². The second kappa shape index (κ2) is 10.6. The Balaban J connectivity index is 1.25. The van der Waals surface area contributed by atoms with Crippen molar-refractivity contribution in [1.82, 2.24) is 5.32 Å². The van der Waals surface area contributed by atoms with Crippen LogP contribution in [-0.2, 0) is 6.54 Å². The molecule has 2 aromatic heterocycles. The van der Waals surface area contributed by atoms with Gasteiger partial charge in [0, 0.05) is 22.2 Å². The fourth-order valence-electron chi connectivity index (χ4n) is 6.19. The van der Waals surface area contributed by atoms with Crippen LogP contribution in [0.3, 0.4) is 0 Å². The van der Waals surface area contributed by atoms with Gasteiger partial charge in [-0.2, -0.15) is 0 Å². The van der Waals surface area contributed by atoms with Crippen molar-refractivity contribution in [2.45, 2.75) is 58.4 Å². The maximum atomic E-state index is 13.8. The zero-order valence-corrected chi connectivity index (χ0v) is 21.6. The lowest BCUT2D eigenvalue weighted by atomic mass is 9.60. The lowest BCUT2D eigenvalue weighted by Crippen LogP contribution is -2.41. The molecule has 2 aliphatic carbocycles. The van der Waals surface area contributed by atoms with Crippen molar-refractivity contribution < 1.29 is 4.79 Å². The molecule has 2 aliphatic rings. The van der Waals surface area contributed by atoms with Crippen LogP contribution in [0.25, 0.3) is 9.75 Å². The van der Waals surface area contributed by atoms with Gasteiger partial charge >= 0.3 is 0 Å². The Kier molecular flexibility index (Phi) is 7.34. The number of nitrogens with one attached hydrogen (secondary N) is 1. The molecule has 5 rings (SSSR count). The highest BCUT2D eigenvalue weighted by Gasteiger charge is 2.48. The van der Waals surface area contributed by atoms with Crippen LogP contribution >= 0.6 is 22.7 Å². The van der Waals surface area contributed by atoms with Crippen LogP contribution in [0.2, 0.25) is 0 Å². The second-order valence-corrected chi connectivity index (χ2v) is 12.1. The summed E-state index contributed by atoms with van der Waals surface area (Å²) in [6, 6.07) is 19.1. The standard InChI is InChI=1S/C30H33NOS2/c1-2-8-24-12-14-26(33-24)27-15-16-28(34-27)29(32)25-13-11-23(19-30(25)17-6-7-18-30)21-31-20-22-9-4-3-5-10-22/h3-5,9-10,12,14-16,23,25,31H,6-7,11,13,17-21H2,1H3/t23-,25-/m0/s1. The van der Waals surface area contributed by atoms with E-state index in [4.69, 9.17) is 0 Å². The molecular formula is C30H33NOS2. The summed E-state index contributed by atoms with van der Waals surface area (Å²) in [5, 5.41) is 3.69. The van der Waals surface area contributed by atoms with Crippen LogP contribution in [0.15, 0.2) is 54.6 Å². The highest BCUT2D eigenvalue weighted by Crippen LogP contribution is 2.55. The molecule has 1 spiro atoms. The molecular weight excluding hydrogens is 454 g/mol. The van der Waals surface area contributed by atoms with Crippen molar-refractivity contribution in [2.24, 2.45) is 17.3 Å². The molecule has 2 fully saturated rings. The first-order valence-electron chi connectivity index (χ1n) is 12.6. The van der Waals surface area contributed by atoms with Crippen LogP contribution in [-0.4, -0.2) is 12.3 Å². The van der Waals surface area contributed by atoms with E-state index in [0.29, 0.717) is 11.7 Å². The summed E-state index contributed by atoms with van der Waals surface area (Å²) in [7, 11) is 0. The van der Waals surface area contributed by atoms with Crippen molar-refractivity contribution in [3.8, 4) is 21.6 Å². The Hall–Kier alpha value is -2.19. The fraction of sp³-hybridized carbons (Fsp3) is 0.433. The normalized spacial score (nSPS) is 21.3. The van der Waals surface area contributed by atoms with Gasteiger partial charge in [0.2, 0.25) is 0 Å².